The Hall–Kier alpha value is -3.43. The van der Waals surface area contributed by atoms with Crippen molar-refractivity contribution in [2.45, 2.75) is 64.0 Å². The second-order valence-electron chi connectivity index (χ2n) is 11.3. The van der Waals surface area contributed by atoms with Crippen molar-refractivity contribution < 1.29 is 14.4 Å². The maximum atomic E-state index is 13.4. The van der Waals surface area contributed by atoms with Gasteiger partial charge in [-0.1, -0.05) is 11.6 Å². The van der Waals surface area contributed by atoms with Gasteiger partial charge in [-0.3, -0.25) is 19.3 Å². The van der Waals surface area contributed by atoms with Gasteiger partial charge in [0.25, 0.3) is 11.8 Å². The molecule has 3 aromatic rings. The maximum Gasteiger partial charge on any atom is 0.254 e. The maximum absolute atomic E-state index is 13.4. The molecule has 0 radical (unpaired) electrons. The van der Waals surface area contributed by atoms with Crippen molar-refractivity contribution >= 4 is 40.4 Å². The number of unbranched alkanes of at least 4 members (excludes halogenated alkanes) is 1. The Bertz CT molecular complexity index is 1420. The molecule has 5 rings (SSSR count). The second kappa shape index (κ2) is 13.0. The number of likely N-dealkylation sites (N-methyl/N-ethyl adjacent to an activating group) is 1. The van der Waals surface area contributed by atoms with E-state index in [1.807, 2.05) is 31.0 Å². The topological polar surface area (TPSA) is 110 Å². The number of hydrogen-bond acceptors (Lipinski definition) is 5. The van der Waals surface area contributed by atoms with Crippen LogP contribution in [0, 0.1) is 6.92 Å². The molecule has 2 saturated heterocycles. The van der Waals surface area contributed by atoms with Gasteiger partial charge in [-0.15, -0.1) is 0 Å². The van der Waals surface area contributed by atoms with Gasteiger partial charge in [0.2, 0.25) is 5.91 Å². The largest absolute Gasteiger partial charge is 0.355 e. The molecule has 2 aromatic carbocycles. The van der Waals surface area contributed by atoms with Gasteiger partial charge in [-0.25, -0.2) is 4.98 Å². The molecule has 1 aromatic heterocycles. The number of H-pyrrole nitrogens is 1. The quantitative estimate of drug-likeness (QED) is 0.304. The van der Waals surface area contributed by atoms with Gasteiger partial charge in [0.1, 0.15) is 5.82 Å². The lowest BCUT2D eigenvalue weighted by Crippen LogP contribution is -2.41. The minimum atomic E-state index is -0.364. The number of rotatable bonds is 10. The third-order valence-corrected chi connectivity index (χ3v) is 8.49. The van der Waals surface area contributed by atoms with E-state index >= 15 is 0 Å². The van der Waals surface area contributed by atoms with E-state index in [0.29, 0.717) is 34.9 Å². The first-order valence-corrected chi connectivity index (χ1v) is 15.0. The summed E-state index contributed by atoms with van der Waals surface area (Å²) < 4.78 is 0. The van der Waals surface area contributed by atoms with Gasteiger partial charge in [0, 0.05) is 35.8 Å². The fourth-order valence-electron chi connectivity index (χ4n) is 5.87. The van der Waals surface area contributed by atoms with Gasteiger partial charge in [-0.2, -0.15) is 0 Å². The highest BCUT2D eigenvalue weighted by atomic mass is 35.5. The average Bonchev–Trinajstić information content (AvgIpc) is 3.72. The number of nitrogens with zero attached hydrogens (tertiary/aromatic N) is 3. The molecular formula is C31H39ClN6O3. The van der Waals surface area contributed by atoms with Gasteiger partial charge in [0.15, 0.2) is 0 Å². The molecule has 2 fully saturated rings. The van der Waals surface area contributed by atoms with Crippen molar-refractivity contribution in [1.29, 1.82) is 0 Å². The number of benzene rings is 2. The molecule has 0 bridgehead atoms. The number of imidazole rings is 1. The van der Waals surface area contributed by atoms with Crippen molar-refractivity contribution in [1.82, 2.24) is 30.4 Å². The lowest BCUT2D eigenvalue weighted by atomic mass is 10.0. The molecule has 2 aliphatic heterocycles. The van der Waals surface area contributed by atoms with Crippen LogP contribution in [0.2, 0.25) is 5.02 Å². The highest BCUT2D eigenvalue weighted by Gasteiger charge is 2.27. The monoisotopic (exact) mass is 578 g/mol. The van der Waals surface area contributed by atoms with Crippen LogP contribution in [0.3, 0.4) is 0 Å². The summed E-state index contributed by atoms with van der Waals surface area (Å²) in [7, 11) is 1.99. The van der Waals surface area contributed by atoms with Gasteiger partial charge in [0.05, 0.1) is 23.1 Å². The first-order chi connectivity index (χ1) is 19.8. The normalized spacial score (nSPS) is 18.1. The number of hydrogen-bond donors (Lipinski definition) is 3. The van der Waals surface area contributed by atoms with Crippen LogP contribution in [-0.2, 0) is 4.79 Å². The number of likely N-dealkylation sites (tertiary alicyclic amines) is 2. The average molecular weight is 579 g/mol. The molecule has 218 valence electrons. The molecule has 2 aliphatic rings. The predicted molar refractivity (Wildman–Crippen MR) is 160 cm³/mol. The van der Waals surface area contributed by atoms with Crippen molar-refractivity contribution in [3.8, 4) is 0 Å². The number of halogens is 1. The molecule has 41 heavy (non-hydrogen) atoms. The first kappa shape index (κ1) is 29.1. The molecular weight excluding hydrogens is 540 g/mol. The molecule has 2 atom stereocenters. The summed E-state index contributed by atoms with van der Waals surface area (Å²) in [5, 5.41) is 6.83. The highest BCUT2D eigenvalue weighted by Crippen LogP contribution is 2.24. The standard InChI is InChI=1S/C31H39ClN6O3/c1-20-18-21(10-12-23(20)31(41)38-16-5-6-17-38)29(39)36-25(28-34-24-13-11-22(32)19-26(24)35-28)8-3-4-14-33-30(40)27-9-7-15-37(27)2/h10-13,18-19,25,27H,3-9,14-17H2,1-2H3,(H,33,40)(H,34,35)(H,36,39)/t25-,27-/m0/s1. The van der Waals surface area contributed by atoms with E-state index in [2.05, 4.69) is 20.5 Å². The zero-order chi connectivity index (χ0) is 28.9. The van der Waals surface area contributed by atoms with Crippen LogP contribution < -0.4 is 10.6 Å². The van der Waals surface area contributed by atoms with Gasteiger partial charge in [-0.05, 0) is 107 Å². The smallest absolute Gasteiger partial charge is 0.254 e. The predicted octanol–water partition coefficient (Wildman–Crippen LogP) is 4.61. The SMILES string of the molecule is Cc1cc(C(=O)N[C@@H](CCCCNC(=O)[C@@H]2CCCN2C)c2nc3ccc(Cl)cc3[nH]2)ccc1C(=O)N1CCCC1. The Labute approximate surface area is 246 Å². The number of fused-ring (bicyclic) bond motifs is 1. The Morgan fingerprint density at radius 2 is 1.88 bits per heavy atom. The highest BCUT2D eigenvalue weighted by molar-refractivity contribution is 6.31. The lowest BCUT2D eigenvalue weighted by molar-refractivity contribution is -0.125. The summed E-state index contributed by atoms with van der Waals surface area (Å²) in [5.41, 5.74) is 3.50. The number of carbonyl (C=O) groups excluding carboxylic acids is 3. The zero-order valence-corrected chi connectivity index (χ0v) is 24.6. The zero-order valence-electron chi connectivity index (χ0n) is 23.8. The van der Waals surface area contributed by atoms with E-state index in [1.54, 1.807) is 24.3 Å². The summed E-state index contributed by atoms with van der Waals surface area (Å²) in [6.45, 7) is 4.99. The Balaban J connectivity index is 1.25. The van der Waals surface area contributed by atoms with Crippen LogP contribution in [0.5, 0.6) is 0 Å². The Morgan fingerprint density at radius 1 is 1.07 bits per heavy atom. The van der Waals surface area contributed by atoms with Crippen LogP contribution in [0.25, 0.3) is 11.0 Å². The summed E-state index contributed by atoms with van der Waals surface area (Å²) in [6.07, 6.45) is 6.23. The van der Waals surface area contributed by atoms with E-state index in [0.717, 1.165) is 74.8 Å². The molecule has 3 amide bonds. The number of carbonyl (C=O) groups is 3. The Kier molecular flexibility index (Phi) is 9.25. The first-order valence-electron chi connectivity index (χ1n) is 14.6. The third-order valence-electron chi connectivity index (χ3n) is 8.25. The van der Waals surface area contributed by atoms with Gasteiger partial charge < -0.3 is 20.5 Å². The van der Waals surface area contributed by atoms with E-state index in [1.165, 1.54) is 0 Å². The molecule has 10 heteroatoms. The minimum absolute atomic E-state index is 0.0254. The summed E-state index contributed by atoms with van der Waals surface area (Å²) in [5.74, 6) is 0.544. The van der Waals surface area contributed by atoms with Crippen LogP contribution in [0.15, 0.2) is 36.4 Å². The number of aryl methyl sites for hydroxylation is 1. The molecule has 0 saturated carbocycles. The van der Waals surface area contributed by atoms with Crippen LogP contribution >= 0.6 is 11.6 Å². The number of aromatic amines is 1. The summed E-state index contributed by atoms with van der Waals surface area (Å²) in [6, 6.07) is 10.3. The van der Waals surface area contributed by atoms with Crippen LogP contribution in [0.4, 0.5) is 0 Å². The Morgan fingerprint density at radius 3 is 2.61 bits per heavy atom. The van der Waals surface area contributed by atoms with Crippen molar-refractivity contribution in [2.24, 2.45) is 0 Å². The fraction of sp³-hybridized carbons (Fsp3) is 0.484. The number of nitrogens with one attached hydrogen (secondary N) is 3. The second-order valence-corrected chi connectivity index (χ2v) is 11.7. The van der Waals surface area contributed by atoms with E-state index in [9.17, 15) is 14.4 Å². The lowest BCUT2D eigenvalue weighted by Gasteiger charge is -2.20. The molecule has 0 spiro atoms. The van der Waals surface area contributed by atoms with E-state index in [-0.39, 0.29) is 29.8 Å². The van der Waals surface area contributed by atoms with Crippen molar-refractivity contribution in [2.75, 3.05) is 33.2 Å². The molecule has 3 heterocycles. The van der Waals surface area contributed by atoms with Crippen LogP contribution in [-0.4, -0.2) is 76.8 Å². The van der Waals surface area contributed by atoms with Crippen molar-refractivity contribution in [3.63, 3.8) is 0 Å². The molecule has 3 N–H and O–H groups in total. The molecule has 0 unspecified atom stereocenters. The van der Waals surface area contributed by atoms with Crippen LogP contribution in [0.1, 0.15) is 83.1 Å². The van der Waals surface area contributed by atoms with E-state index in [4.69, 9.17) is 16.6 Å². The minimum Gasteiger partial charge on any atom is -0.355 e. The fourth-order valence-corrected chi connectivity index (χ4v) is 6.04. The molecule has 0 aliphatic carbocycles. The summed E-state index contributed by atoms with van der Waals surface area (Å²) >= 11 is 6.18. The van der Waals surface area contributed by atoms with Crippen molar-refractivity contribution in [3.05, 3.63) is 63.9 Å². The number of amides is 3. The third kappa shape index (κ3) is 6.90. The summed E-state index contributed by atoms with van der Waals surface area (Å²) in [4.78, 5) is 50.9. The molecule has 9 nitrogen and oxygen atoms in total. The van der Waals surface area contributed by atoms with Gasteiger partial charge >= 0.3 is 0 Å². The van der Waals surface area contributed by atoms with E-state index < -0.39 is 0 Å². The number of aromatic nitrogens is 2.